The molecule has 2 nitrogen and oxygen atoms in total. The van der Waals surface area contributed by atoms with Gasteiger partial charge in [0, 0.05) is 6.54 Å². The molecule has 0 aliphatic rings. The first-order valence-corrected chi connectivity index (χ1v) is 4.67. The molecule has 2 heteroatoms. The normalized spacial score (nSPS) is 12.6. The molecule has 72 valence electrons. The highest BCUT2D eigenvalue weighted by Crippen LogP contribution is 2.10. The minimum Gasteiger partial charge on any atom is -0.295 e. The van der Waals surface area contributed by atoms with E-state index in [-0.39, 0.29) is 6.04 Å². The minimum atomic E-state index is -0.215. The van der Waals surface area contributed by atoms with Crippen LogP contribution in [0.3, 0.4) is 0 Å². The maximum atomic E-state index is 8.94. The lowest BCUT2D eigenvalue weighted by Crippen LogP contribution is -2.19. The van der Waals surface area contributed by atoms with Gasteiger partial charge >= 0.3 is 0 Å². The van der Waals surface area contributed by atoms with Crippen LogP contribution < -0.4 is 5.32 Å². The molecular formula is C12H14N2. The Bertz CT molecular complexity index is 322. The number of nitrogens with one attached hydrogen (secondary N) is 1. The van der Waals surface area contributed by atoms with Crippen LogP contribution in [0.4, 0.5) is 0 Å². The molecule has 0 fully saturated rings. The fourth-order valence-corrected chi connectivity index (χ4v) is 1.19. The predicted molar refractivity (Wildman–Crippen MR) is 57.6 cm³/mol. The molecule has 1 rings (SSSR count). The molecule has 1 aromatic rings. The van der Waals surface area contributed by atoms with E-state index in [9.17, 15) is 0 Å². The molecule has 0 aromatic heterocycles. The lowest BCUT2D eigenvalue weighted by molar-refractivity contribution is 0.683. The summed E-state index contributed by atoms with van der Waals surface area (Å²) in [5.41, 5.74) is 1.01. The highest BCUT2D eigenvalue weighted by atomic mass is 14.9. The van der Waals surface area contributed by atoms with Crippen molar-refractivity contribution in [1.82, 2.24) is 5.32 Å². The summed E-state index contributed by atoms with van der Waals surface area (Å²) < 4.78 is 0. The van der Waals surface area contributed by atoms with Crippen LogP contribution in [-0.4, -0.2) is 6.54 Å². The molecule has 1 atom stereocenters. The lowest BCUT2D eigenvalue weighted by Gasteiger charge is -2.09. The average Bonchev–Trinajstić information content (AvgIpc) is 2.26. The van der Waals surface area contributed by atoms with E-state index in [1.807, 2.05) is 49.4 Å². The first-order valence-electron chi connectivity index (χ1n) is 4.67. The Hall–Kier alpha value is -1.59. The molecule has 0 bridgehead atoms. The third kappa shape index (κ3) is 3.04. The average molecular weight is 186 g/mol. The van der Waals surface area contributed by atoms with Crippen molar-refractivity contribution in [3.63, 3.8) is 0 Å². The van der Waals surface area contributed by atoms with Crippen LogP contribution in [0.2, 0.25) is 0 Å². The van der Waals surface area contributed by atoms with Crippen molar-refractivity contribution in [2.45, 2.75) is 13.0 Å². The van der Waals surface area contributed by atoms with E-state index in [0.717, 1.165) is 12.1 Å². The molecule has 1 unspecified atom stereocenters. The van der Waals surface area contributed by atoms with Gasteiger partial charge in [0.15, 0.2) is 0 Å². The first-order chi connectivity index (χ1) is 6.88. The third-order valence-electron chi connectivity index (χ3n) is 1.94. The number of hydrogen-bond acceptors (Lipinski definition) is 2. The van der Waals surface area contributed by atoms with Gasteiger partial charge in [0.1, 0.15) is 6.04 Å². The molecule has 1 N–H and O–H groups in total. The topological polar surface area (TPSA) is 35.8 Å². The Kier molecular flexibility index (Phi) is 4.46. The zero-order valence-corrected chi connectivity index (χ0v) is 8.27. The molecule has 0 aliphatic heterocycles. The summed E-state index contributed by atoms with van der Waals surface area (Å²) in [4.78, 5) is 0. The van der Waals surface area contributed by atoms with Crippen molar-refractivity contribution in [1.29, 1.82) is 5.26 Å². The summed E-state index contributed by atoms with van der Waals surface area (Å²) >= 11 is 0. The van der Waals surface area contributed by atoms with Gasteiger partial charge in [-0.3, -0.25) is 5.32 Å². The summed E-state index contributed by atoms with van der Waals surface area (Å²) in [6.07, 6.45) is 3.96. The van der Waals surface area contributed by atoms with Crippen LogP contribution in [0, 0.1) is 11.3 Å². The van der Waals surface area contributed by atoms with Gasteiger partial charge in [-0.15, -0.1) is 0 Å². The van der Waals surface area contributed by atoms with Gasteiger partial charge in [-0.05, 0) is 12.5 Å². The number of benzene rings is 1. The Morgan fingerprint density at radius 1 is 1.43 bits per heavy atom. The zero-order valence-electron chi connectivity index (χ0n) is 8.27. The number of hydrogen-bond donors (Lipinski definition) is 1. The maximum Gasteiger partial charge on any atom is 0.121 e. The summed E-state index contributed by atoms with van der Waals surface area (Å²) in [6, 6.07) is 11.8. The van der Waals surface area contributed by atoms with Crippen LogP contribution in [0.1, 0.15) is 18.5 Å². The van der Waals surface area contributed by atoms with Crippen molar-refractivity contribution >= 4 is 0 Å². The second kappa shape index (κ2) is 5.95. The van der Waals surface area contributed by atoms with E-state index in [1.54, 1.807) is 0 Å². The molecule has 0 spiro atoms. The molecule has 1 aromatic carbocycles. The number of nitrogens with zero attached hydrogens (tertiary/aromatic N) is 1. The largest absolute Gasteiger partial charge is 0.295 e. The van der Waals surface area contributed by atoms with Gasteiger partial charge < -0.3 is 0 Å². The Morgan fingerprint density at radius 2 is 2.14 bits per heavy atom. The van der Waals surface area contributed by atoms with Crippen LogP contribution in [0.15, 0.2) is 42.5 Å². The van der Waals surface area contributed by atoms with Gasteiger partial charge in [0.25, 0.3) is 0 Å². The Labute approximate surface area is 84.9 Å². The standard InChI is InChI=1S/C12H14N2/c1-2-3-9-14-12(10-13)11-7-5-4-6-8-11/h2-8,12,14H,9H2,1H3/b3-2+. The molecule has 0 saturated heterocycles. The minimum absolute atomic E-state index is 0.215. The van der Waals surface area contributed by atoms with Crippen LogP contribution in [-0.2, 0) is 0 Å². The van der Waals surface area contributed by atoms with Crippen LogP contribution >= 0.6 is 0 Å². The number of allylic oxidation sites excluding steroid dienone is 1. The van der Waals surface area contributed by atoms with E-state index in [1.165, 1.54) is 0 Å². The second-order valence-corrected chi connectivity index (χ2v) is 2.95. The highest BCUT2D eigenvalue weighted by Gasteiger charge is 2.06. The molecule has 0 radical (unpaired) electrons. The number of nitriles is 1. The molecule has 0 aliphatic carbocycles. The monoisotopic (exact) mass is 186 g/mol. The lowest BCUT2D eigenvalue weighted by atomic mass is 10.1. The first kappa shape index (κ1) is 10.5. The van der Waals surface area contributed by atoms with E-state index in [2.05, 4.69) is 11.4 Å². The van der Waals surface area contributed by atoms with Gasteiger partial charge in [-0.2, -0.15) is 5.26 Å². The van der Waals surface area contributed by atoms with Gasteiger partial charge in [0.05, 0.1) is 6.07 Å². The number of rotatable bonds is 4. The van der Waals surface area contributed by atoms with Gasteiger partial charge in [0.2, 0.25) is 0 Å². The molecule has 0 heterocycles. The van der Waals surface area contributed by atoms with E-state index >= 15 is 0 Å². The Morgan fingerprint density at radius 3 is 2.71 bits per heavy atom. The third-order valence-corrected chi connectivity index (χ3v) is 1.94. The zero-order chi connectivity index (χ0) is 10.2. The smallest absolute Gasteiger partial charge is 0.121 e. The summed E-state index contributed by atoms with van der Waals surface area (Å²) in [5.74, 6) is 0. The highest BCUT2D eigenvalue weighted by molar-refractivity contribution is 5.23. The summed E-state index contributed by atoms with van der Waals surface area (Å²) in [5, 5.41) is 12.1. The Balaban J connectivity index is 2.60. The quantitative estimate of drug-likeness (QED) is 0.733. The van der Waals surface area contributed by atoms with Gasteiger partial charge in [-0.1, -0.05) is 42.5 Å². The van der Waals surface area contributed by atoms with Crippen molar-refractivity contribution in [2.24, 2.45) is 0 Å². The maximum absolute atomic E-state index is 8.94. The van der Waals surface area contributed by atoms with Gasteiger partial charge in [-0.25, -0.2) is 0 Å². The molecule has 0 amide bonds. The molecule has 0 saturated carbocycles. The summed E-state index contributed by atoms with van der Waals surface area (Å²) in [7, 11) is 0. The van der Waals surface area contributed by atoms with Crippen molar-refractivity contribution in [2.75, 3.05) is 6.54 Å². The van der Waals surface area contributed by atoms with E-state index in [4.69, 9.17) is 5.26 Å². The predicted octanol–water partition coefficient (Wildman–Crippen LogP) is 2.42. The van der Waals surface area contributed by atoms with Crippen molar-refractivity contribution in [3.05, 3.63) is 48.0 Å². The summed E-state index contributed by atoms with van der Waals surface area (Å²) in [6.45, 7) is 2.69. The van der Waals surface area contributed by atoms with E-state index < -0.39 is 0 Å². The van der Waals surface area contributed by atoms with Crippen molar-refractivity contribution in [3.8, 4) is 6.07 Å². The van der Waals surface area contributed by atoms with Crippen LogP contribution in [0.25, 0.3) is 0 Å². The second-order valence-electron chi connectivity index (χ2n) is 2.95. The SMILES string of the molecule is C/C=C/CNC(C#N)c1ccccc1. The van der Waals surface area contributed by atoms with Crippen molar-refractivity contribution < 1.29 is 0 Å². The van der Waals surface area contributed by atoms with E-state index in [0.29, 0.717) is 0 Å². The molecule has 14 heavy (non-hydrogen) atoms. The fraction of sp³-hybridized carbons (Fsp3) is 0.250. The van der Waals surface area contributed by atoms with Crippen LogP contribution in [0.5, 0.6) is 0 Å². The fourth-order valence-electron chi connectivity index (χ4n) is 1.19. The molecular weight excluding hydrogens is 172 g/mol.